The molecule has 5 aromatic rings. The summed E-state index contributed by atoms with van der Waals surface area (Å²) in [6.45, 7) is 3.07. The second-order valence-electron chi connectivity index (χ2n) is 8.96. The van der Waals surface area contributed by atoms with Crippen LogP contribution in [0.2, 0.25) is 10.3 Å². The van der Waals surface area contributed by atoms with E-state index in [1.807, 2.05) is 0 Å². The van der Waals surface area contributed by atoms with Crippen molar-refractivity contribution in [3.05, 3.63) is 88.5 Å². The molecule has 0 unspecified atom stereocenters. The molecule has 0 aliphatic rings. The quantitative estimate of drug-likeness (QED) is 0.191. The molecule has 0 saturated heterocycles. The number of rotatable bonds is 5. The molecule has 0 atom stereocenters. The Kier molecular flexibility index (Phi) is 7.01. The summed E-state index contributed by atoms with van der Waals surface area (Å²) in [7, 11) is -3.49. The summed E-state index contributed by atoms with van der Waals surface area (Å²) >= 11 is 12.3. The molecule has 5 rings (SSSR count). The first-order valence-corrected chi connectivity index (χ1v) is 14.3. The number of nitrogens with zero attached hydrogens (tertiary/aromatic N) is 4. The van der Waals surface area contributed by atoms with Crippen LogP contribution in [0, 0.1) is 13.8 Å². The molecular weight excluding hydrogens is 588 g/mol. The maximum atomic E-state index is 13.5. The largest absolute Gasteiger partial charge is 0.440 e. The van der Waals surface area contributed by atoms with E-state index >= 15 is 0 Å². The molecule has 0 N–H and O–H groups in total. The fraction of sp³-hybridized carbons (Fsp3) is 0.148. The van der Waals surface area contributed by atoms with Gasteiger partial charge in [-0.3, -0.25) is 0 Å². The first kappa shape index (κ1) is 27.9. The summed E-state index contributed by atoms with van der Waals surface area (Å²) < 4.78 is 72.1. The zero-order valence-corrected chi connectivity index (χ0v) is 23.4. The van der Waals surface area contributed by atoms with Gasteiger partial charge in [-0.15, -0.1) is 0 Å². The van der Waals surface area contributed by atoms with Gasteiger partial charge in [0, 0.05) is 24.9 Å². The monoisotopic (exact) mass is 606 g/mol. The smallest absolute Gasteiger partial charge is 0.434 e. The Hall–Kier alpha value is -3.67. The summed E-state index contributed by atoms with van der Waals surface area (Å²) in [4.78, 5) is 12.4. The van der Waals surface area contributed by atoms with Crippen LogP contribution < -0.4 is 0 Å². The molecule has 0 saturated carbocycles. The topological polar surface area (TPSA) is 90.9 Å². The number of aromatic nitrogens is 4. The number of imidazole rings is 1. The van der Waals surface area contributed by atoms with Crippen molar-refractivity contribution < 1.29 is 26.0 Å². The number of pyridine rings is 1. The van der Waals surface area contributed by atoms with Crippen molar-refractivity contribution in [1.29, 1.82) is 0 Å². The van der Waals surface area contributed by atoms with Gasteiger partial charge in [-0.25, -0.2) is 23.4 Å². The summed E-state index contributed by atoms with van der Waals surface area (Å²) in [5.74, 6) is 0.585. The van der Waals surface area contributed by atoms with E-state index in [1.54, 1.807) is 43.3 Å². The normalized spacial score (nSPS) is 12.2. The number of aryl methyl sites for hydroxylation is 2. The van der Waals surface area contributed by atoms with Crippen molar-refractivity contribution in [3.63, 3.8) is 0 Å². The van der Waals surface area contributed by atoms with Crippen LogP contribution >= 0.6 is 23.2 Å². The second kappa shape index (κ2) is 10.1. The molecular formula is C27H19Cl2F3N4O3S. The standard InChI is InChI=1S/C27H19Cl2F3N4O3S/c1-14-33-22(27(30,31)32)13-36(14)21-9-7-17(16-5-4-6-18(11-16)40(3,37)38)12-20(21)24-25(39-15(2)34-24)19-8-10-23(28)35-26(19)29/h4-13H,1-3H3. The summed E-state index contributed by atoms with van der Waals surface area (Å²) in [6, 6.07) is 14.5. The van der Waals surface area contributed by atoms with Crippen LogP contribution in [-0.4, -0.2) is 34.2 Å². The maximum absolute atomic E-state index is 13.5. The molecule has 0 aliphatic carbocycles. The van der Waals surface area contributed by atoms with Crippen LogP contribution in [0.25, 0.3) is 39.4 Å². The zero-order valence-electron chi connectivity index (χ0n) is 21.1. The highest BCUT2D eigenvalue weighted by molar-refractivity contribution is 7.90. The number of hydrogen-bond acceptors (Lipinski definition) is 6. The third-order valence-electron chi connectivity index (χ3n) is 6.07. The third kappa shape index (κ3) is 5.36. The number of benzene rings is 2. The van der Waals surface area contributed by atoms with Gasteiger partial charge >= 0.3 is 6.18 Å². The van der Waals surface area contributed by atoms with Crippen LogP contribution in [0.4, 0.5) is 13.2 Å². The lowest BCUT2D eigenvalue weighted by molar-refractivity contribution is -0.141. The molecule has 0 bridgehead atoms. The van der Waals surface area contributed by atoms with Crippen molar-refractivity contribution in [3.8, 4) is 39.4 Å². The summed E-state index contributed by atoms with van der Waals surface area (Å²) in [5, 5.41) is 0.204. The molecule has 0 spiro atoms. The number of oxazole rings is 1. The van der Waals surface area contributed by atoms with E-state index in [0.29, 0.717) is 27.9 Å². The predicted molar refractivity (Wildman–Crippen MR) is 145 cm³/mol. The van der Waals surface area contributed by atoms with Crippen LogP contribution in [0.1, 0.15) is 17.4 Å². The van der Waals surface area contributed by atoms with E-state index in [0.717, 1.165) is 12.5 Å². The molecule has 3 heterocycles. The molecule has 0 radical (unpaired) electrons. The highest BCUT2D eigenvalue weighted by Crippen LogP contribution is 2.41. The lowest BCUT2D eigenvalue weighted by Gasteiger charge is -2.14. The Morgan fingerprint density at radius 2 is 1.62 bits per heavy atom. The Morgan fingerprint density at radius 1 is 0.900 bits per heavy atom. The Bertz CT molecular complexity index is 1880. The van der Waals surface area contributed by atoms with Gasteiger partial charge in [0.05, 0.1) is 16.1 Å². The molecule has 0 aliphatic heterocycles. The molecule has 0 amide bonds. The molecule has 13 heteroatoms. The first-order valence-electron chi connectivity index (χ1n) is 11.6. The minimum atomic E-state index is -4.65. The van der Waals surface area contributed by atoms with Gasteiger partial charge in [0.15, 0.2) is 27.2 Å². The number of alkyl halides is 3. The maximum Gasteiger partial charge on any atom is 0.434 e. The molecule has 206 valence electrons. The average Bonchev–Trinajstić information content (AvgIpc) is 3.46. The molecule has 2 aromatic carbocycles. The number of halogens is 5. The lowest BCUT2D eigenvalue weighted by Crippen LogP contribution is -2.05. The van der Waals surface area contributed by atoms with Gasteiger partial charge in [0.25, 0.3) is 0 Å². The minimum Gasteiger partial charge on any atom is -0.440 e. The number of hydrogen-bond donors (Lipinski definition) is 0. The van der Waals surface area contributed by atoms with Gasteiger partial charge in [-0.05, 0) is 54.4 Å². The van der Waals surface area contributed by atoms with Gasteiger partial charge in [-0.1, -0.05) is 41.4 Å². The minimum absolute atomic E-state index is 0.0432. The van der Waals surface area contributed by atoms with E-state index in [-0.39, 0.29) is 38.4 Å². The van der Waals surface area contributed by atoms with E-state index in [2.05, 4.69) is 15.0 Å². The Labute approximate surface area is 237 Å². The SMILES string of the molecule is Cc1nc(-c2cc(-c3cccc(S(C)(=O)=O)c3)ccc2-n2cc(C(F)(F)F)nc2C)c(-c2ccc(Cl)nc2Cl)o1. The van der Waals surface area contributed by atoms with E-state index < -0.39 is 21.7 Å². The lowest BCUT2D eigenvalue weighted by atomic mass is 9.98. The van der Waals surface area contributed by atoms with Crippen LogP contribution in [0.3, 0.4) is 0 Å². The predicted octanol–water partition coefficient (Wildman–Crippen LogP) is 7.60. The van der Waals surface area contributed by atoms with Gasteiger partial charge in [0.2, 0.25) is 0 Å². The van der Waals surface area contributed by atoms with Crippen molar-refractivity contribution in [2.75, 3.05) is 6.26 Å². The Morgan fingerprint density at radius 3 is 2.27 bits per heavy atom. The van der Waals surface area contributed by atoms with Crippen molar-refractivity contribution in [1.82, 2.24) is 19.5 Å². The molecule has 0 fully saturated rings. The highest BCUT2D eigenvalue weighted by Gasteiger charge is 2.35. The molecule has 40 heavy (non-hydrogen) atoms. The van der Waals surface area contributed by atoms with Crippen molar-refractivity contribution in [2.45, 2.75) is 24.9 Å². The van der Waals surface area contributed by atoms with Crippen molar-refractivity contribution >= 4 is 33.0 Å². The molecule has 7 nitrogen and oxygen atoms in total. The Balaban J connectivity index is 1.79. The highest BCUT2D eigenvalue weighted by atomic mass is 35.5. The van der Waals surface area contributed by atoms with E-state index in [9.17, 15) is 21.6 Å². The first-order chi connectivity index (χ1) is 18.7. The van der Waals surface area contributed by atoms with Gasteiger partial charge in [0.1, 0.15) is 21.8 Å². The van der Waals surface area contributed by atoms with E-state index in [1.165, 1.54) is 29.7 Å². The summed E-state index contributed by atoms with van der Waals surface area (Å²) in [6.07, 6.45) is -2.64. The third-order valence-corrected chi connectivity index (χ3v) is 7.68. The second-order valence-corrected chi connectivity index (χ2v) is 11.7. The van der Waals surface area contributed by atoms with Crippen LogP contribution in [-0.2, 0) is 16.0 Å². The fourth-order valence-electron chi connectivity index (χ4n) is 4.25. The zero-order chi connectivity index (χ0) is 29.0. The number of sulfone groups is 1. The van der Waals surface area contributed by atoms with Crippen molar-refractivity contribution in [2.24, 2.45) is 0 Å². The molecule has 3 aromatic heterocycles. The van der Waals surface area contributed by atoms with Crippen LogP contribution in [0.15, 0.2) is 70.1 Å². The summed E-state index contributed by atoms with van der Waals surface area (Å²) in [5.41, 5.74) is 1.47. The fourth-order valence-corrected chi connectivity index (χ4v) is 5.35. The average molecular weight is 607 g/mol. The van der Waals surface area contributed by atoms with Crippen LogP contribution in [0.5, 0.6) is 0 Å². The van der Waals surface area contributed by atoms with Gasteiger partial charge < -0.3 is 8.98 Å². The van der Waals surface area contributed by atoms with E-state index in [4.69, 9.17) is 27.6 Å². The van der Waals surface area contributed by atoms with Gasteiger partial charge in [-0.2, -0.15) is 13.2 Å².